The van der Waals surface area contributed by atoms with Gasteiger partial charge < -0.3 is 19.5 Å². The third-order valence-corrected chi connectivity index (χ3v) is 11.4. The summed E-state index contributed by atoms with van der Waals surface area (Å²) in [4.78, 5) is 28.5. The third kappa shape index (κ3) is 39.7. The van der Waals surface area contributed by atoms with Gasteiger partial charge in [-0.3, -0.25) is 9.59 Å². The van der Waals surface area contributed by atoms with Gasteiger partial charge in [-0.25, -0.2) is 0 Å². The van der Waals surface area contributed by atoms with Crippen LogP contribution in [0.1, 0.15) is 260 Å². The van der Waals surface area contributed by atoms with Gasteiger partial charge in [0.05, 0.1) is 25.0 Å². The molecule has 1 N–H and O–H groups in total. The first-order chi connectivity index (χ1) is 27.5. The number of ether oxygens (including phenoxy) is 2. The van der Waals surface area contributed by atoms with Crippen molar-refractivity contribution in [2.24, 2.45) is 11.8 Å². The highest BCUT2D eigenvalue weighted by molar-refractivity contribution is 5.72. The maximum atomic E-state index is 13.0. The van der Waals surface area contributed by atoms with E-state index >= 15 is 0 Å². The molecule has 0 heterocycles. The summed E-state index contributed by atoms with van der Waals surface area (Å²) in [5.41, 5.74) is 0. The molecule has 0 aliphatic carbocycles. The van der Waals surface area contributed by atoms with Crippen molar-refractivity contribution in [3.05, 3.63) is 0 Å². The summed E-state index contributed by atoms with van der Waals surface area (Å²) in [5.74, 6) is 0.290. The van der Waals surface area contributed by atoms with Gasteiger partial charge in [0, 0.05) is 6.61 Å². The van der Waals surface area contributed by atoms with Gasteiger partial charge in [0.2, 0.25) is 0 Å². The van der Waals surface area contributed by atoms with Crippen LogP contribution in [0.15, 0.2) is 0 Å². The minimum atomic E-state index is 0.0544. The standard InChI is InChI=1S/C48H95NO5.C2H6/c1-5-9-13-17-19-27-37-45(35-25-15-11-7-3)47(51)53-43-33-23-21-29-39-49(41-31-32-42-50)40-30-22-24-34-44-54-48(52)46(36-26-16-12-8-4)38-28-20-18-14-10-6-2;1-2/h45-46,50H,5-44H2,1-4H3;1-2H3. The predicted octanol–water partition coefficient (Wildman–Crippen LogP) is 15.0. The van der Waals surface area contributed by atoms with Gasteiger partial charge in [0.15, 0.2) is 0 Å². The maximum Gasteiger partial charge on any atom is 0.308 e. The number of esters is 2. The number of rotatable bonds is 44. The lowest BCUT2D eigenvalue weighted by atomic mass is 9.94. The van der Waals surface area contributed by atoms with Crippen molar-refractivity contribution in [3.63, 3.8) is 0 Å². The van der Waals surface area contributed by atoms with E-state index in [2.05, 4.69) is 32.6 Å². The molecule has 0 saturated carbocycles. The molecular formula is C50H101NO5. The second-order valence-corrected chi connectivity index (χ2v) is 16.6. The van der Waals surface area contributed by atoms with E-state index in [0.29, 0.717) is 13.2 Å². The minimum absolute atomic E-state index is 0.0544. The van der Waals surface area contributed by atoms with Crippen molar-refractivity contribution in [1.82, 2.24) is 4.90 Å². The summed E-state index contributed by atoms with van der Waals surface area (Å²) in [6.45, 7) is 17.6. The first-order valence-corrected chi connectivity index (χ1v) is 25.2. The second-order valence-electron chi connectivity index (χ2n) is 16.6. The van der Waals surface area contributed by atoms with E-state index in [0.717, 1.165) is 122 Å². The van der Waals surface area contributed by atoms with Crippen LogP contribution in [0.3, 0.4) is 0 Å². The van der Waals surface area contributed by atoms with Crippen molar-refractivity contribution in [2.75, 3.05) is 39.5 Å². The van der Waals surface area contributed by atoms with Gasteiger partial charge in [-0.15, -0.1) is 0 Å². The monoisotopic (exact) mass is 796 g/mol. The highest BCUT2D eigenvalue weighted by Crippen LogP contribution is 2.22. The normalized spacial score (nSPS) is 12.4. The van der Waals surface area contributed by atoms with Crippen molar-refractivity contribution < 1.29 is 24.2 Å². The molecule has 56 heavy (non-hydrogen) atoms. The zero-order chi connectivity index (χ0) is 41.6. The average molecular weight is 796 g/mol. The number of carbonyl (C=O) groups is 2. The molecule has 0 spiro atoms. The van der Waals surface area contributed by atoms with E-state index in [1.54, 1.807) is 0 Å². The number of aliphatic hydroxyl groups excluding tert-OH is 1. The molecule has 0 aromatic carbocycles. The number of carbonyl (C=O) groups excluding carboxylic acids is 2. The van der Waals surface area contributed by atoms with Crippen molar-refractivity contribution in [1.29, 1.82) is 0 Å². The van der Waals surface area contributed by atoms with Crippen LogP contribution in [-0.2, 0) is 19.1 Å². The molecule has 6 nitrogen and oxygen atoms in total. The molecule has 336 valence electrons. The van der Waals surface area contributed by atoms with Crippen molar-refractivity contribution in [2.45, 2.75) is 260 Å². The first-order valence-electron chi connectivity index (χ1n) is 25.2. The van der Waals surface area contributed by atoms with Gasteiger partial charge in [0.25, 0.3) is 0 Å². The zero-order valence-corrected chi connectivity index (χ0v) is 39.0. The van der Waals surface area contributed by atoms with E-state index in [1.807, 2.05) is 13.8 Å². The van der Waals surface area contributed by atoms with E-state index in [4.69, 9.17) is 9.47 Å². The van der Waals surface area contributed by atoms with Gasteiger partial charge in [-0.1, -0.05) is 196 Å². The second kappa shape index (κ2) is 48.2. The molecule has 0 amide bonds. The van der Waals surface area contributed by atoms with Gasteiger partial charge >= 0.3 is 11.9 Å². The molecule has 0 fully saturated rings. The Morgan fingerprint density at radius 1 is 0.393 bits per heavy atom. The Bertz CT molecular complexity index is 719. The summed E-state index contributed by atoms with van der Waals surface area (Å²) in [6.07, 6.45) is 39.6. The number of hydrogen-bond acceptors (Lipinski definition) is 6. The fourth-order valence-corrected chi connectivity index (χ4v) is 7.68. The minimum Gasteiger partial charge on any atom is -0.465 e. The molecule has 2 atom stereocenters. The van der Waals surface area contributed by atoms with Crippen LogP contribution in [0, 0.1) is 11.8 Å². The van der Waals surface area contributed by atoms with Crippen LogP contribution in [0.4, 0.5) is 0 Å². The largest absolute Gasteiger partial charge is 0.465 e. The van der Waals surface area contributed by atoms with Gasteiger partial charge in [-0.2, -0.15) is 0 Å². The summed E-state index contributed by atoms with van der Waals surface area (Å²) in [7, 11) is 0. The van der Waals surface area contributed by atoms with E-state index in [-0.39, 0.29) is 30.4 Å². The Hall–Kier alpha value is -1.14. The predicted molar refractivity (Wildman–Crippen MR) is 243 cm³/mol. The maximum absolute atomic E-state index is 13.0. The molecule has 6 heteroatoms. The molecule has 0 radical (unpaired) electrons. The van der Waals surface area contributed by atoms with E-state index < -0.39 is 0 Å². The van der Waals surface area contributed by atoms with Gasteiger partial charge in [0.1, 0.15) is 0 Å². The van der Waals surface area contributed by atoms with Gasteiger partial charge in [-0.05, 0) is 83.8 Å². The van der Waals surface area contributed by atoms with Crippen LogP contribution in [0.5, 0.6) is 0 Å². The average Bonchev–Trinajstić information content (AvgIpc) is 3.21. The lowest BCUT2D eigenvalue weighted by Gasteiger charge is -2.22. The van der Waals surface area contributed by atoms with E-state index in [9.17, 15) is 14.7 Å². The molecule has 0 rings (SSSR count). The number of nitrogens with zero attached hydrogens (tertiary/aromatic N) is 1. The lowest BCUT2D eigenvalue weighted by molar-refractivity contribution is -0.150. The van der Waals surface area contributed by atoms with E-state index in [1.165, 1.54) is 116 Å². The number of aliphatic hydroxyl groups is 1. The zero-order valence-electron chi connectivity index (χ0n) is 39.0. The third-order valence-electron chi connectivity index (χ3n) is 11.4. The fraction of sp³-hybridized carbons (Fsp3) is 0.960. The molecule has 0 aliphatic rings. The fourth-order valence-electron chi connectivity index (χ4n) is 7.68. The molecular weight excluding hydrogens is 695 g/mol. The van der Waals surface area contributed by atoms with Crippen LogP contribution < -0.4 is 0 Å². The quantitative estimate of drug-likeness (QED) is 0.0489. The summed E-state index contributed by atoms with van der Waals surface area (Å²) in [6, 6.07) is 0. The molecule has 0 saturated heterocycles. The highest BCUT2D eigenvalue weighted by Gasteiger charge is 2.20. The van der Waals surface area contributed by atoms with Crippen LogP contribution in [-0.4, -0.2) is 61.4 Å². The summed E-state index contributed by atoms with van der Waals surface area (Å²) >= 11 is 0. The van der Waals surface area contributed by atoms with Crippen molar-refractivity contribution >= 4 is 11.9 Å². The summed E-state index contributed by atoms with van der Waals surface area (Å²) in [5, 5.41) is 9.32. The molecule has 0 aromatic rings. The molecule has 0 bridgehead atoms. The molecule has 0 aliphatic heterocycles. The van der Waals surface area contributed by atoms with Crippen molar-refractivity contribution in [3.8, 4) is 0 Å². The molecule has 2 unspecified atom stereocenters. The van der Waals surface area contributed by atoms with Crippen LogP contribution >= 0.6 is 0 Å². The number of unbranched alkanes of at least 4 members (excludes halogenated alkanes) is 23. The van der Waals surface area contributed by atoms with Crippen LogP contribution in [0.25, 0.3) is 0 Å². The highest BCUT2D eigenvalue weighted by atomic mass is 16.5. The number of hydrogen-bond donors (Lipinski definition) is 1. The Morgan fingerprint density at radius 2 is 0.661 bits per heavy atom. The Labute approximate surface area is 351 Å². The van der Waals surface area contributed by atoms with Crippen LogP contribution in [0.2, 0.25) is 0 Å². The Kier molecular flexibility index (Phi) is 49.1. The summed E-state index contributed by atoms with van der Waals surface area (Å²) < 4.78 is 11.6. The molecule has 0 aromatic heterocycles. The lowest BCUT2D eigenvalue weighted by Crippen LogP contribution is -2.27. The first kappa shape index (κ1) is 57.0. The Morgan fingerprint density at radius 3 is 1.00 bits per heavy atom. The SMILES string of the molecule is CC.CCCCCCCCC(CCCCCC)C(=O)OCCCCCCN(CCCCO)CCCCCCOC(=O)C(CCCCCC)CCCCCCCC. The topological polar surface area (TPSA) is 76.1 Å². The Balaban J connectivity index is 0. The smallest absolute Gasteiger partial charge is 0.308 e.